The van der Waals surface area contributed by atoms with E-state index in [9.17, 15) is 0 Å². The molecule has 1 aliphatic heterocycles. The van der Waals surface area contributed by atoms with Crippen molar-refractivity contribution in [3.8, 4) is 0 Å². The van der Waals surface area contributed by atoms with Crippen LogP contribution in [-0.2, 0) is 13.6 Å². The summed E-state index contributed by atoms with van der Waals surface area (Å²) in [7, 11) is 2.00. The molecule has 0 spiro atoms. The molecular weight excluding hydrogens is 232 g/mol. The first-order valence-electron chi connectivity index (χ1n) is 6.04. The lowest BCUT2D eigenvalue weighted by Crippen LogP contribution is -2.48. The van der Waals surface area contributed by atoms with Crippen LogP contribution in [0.15, 0.2) is 17.4 Å². The molecule has 0 radical (unpaired) electrons. The maximum atomic E-state index is 4.62. The molecular formula is C12H20N4S. The summed E-state index contributed by atoms with van der Waals surface area (Å²) < 4.78 is 2.01. The molecule has 1 aromatic heterocycles. The Morgan fingerprint density at radius 1 is 1.65 bits per heavy atom. The fourth-order valence-electron chi connectivity index (χ4n) is 1.77. The van der Waals surface area contributed by atoms with Crippen LogP contribution < -0.4 is 5.32 Å². The molecule has 0 aliphatic carbocycles. The number of imidazole rings is 1. The van der Waals surface area contributed by atoms with Crippen molar-refractivity contribution in [2.45, 2.75) is 38.8 Å². The molecule has 17 heavy (non-hydrogen) atoms. The van der Waals surface area contributed by atoms with Gasteiger partial charge in [0.2, 0.25) is 0 Å². The molecule has 1 atom stereocenters. The predicted molar refractivity (Wildman–Crippen MR) is 73.3 cm³/mol. The highest BCUT2D eigenvalue weighted by atomic mass is 32.2. The molecule has 1 N–H and O–H groups in total. The Bertz CT molecular complexity index is 412. The molecule has 1 saturated heterocycles. The normalized spacial score (nSPS) is 27.1. The number of rotatable bonds is 3. The topological polar surface area (TPSA) is 42.2 Å². The highest BCUT2D eigenvalue weighted by Gasteiger charge is 2.27. The summed E-state index contributed by atoms with van der Waals surface area (Å²) in [6.07, 6.45) is 6.10. The maximum absolute atomic E-state index is 4.62. The number of nitrogens with zero attached hydrogens (tertiary/aromatic N) is 3. The molecule has 0 amide bonds. The minimum atomic E-state index is 0.214. The van der Waals surface area contributed by atoms with Crippen molar-refractivity contribution < 1.29 is 0 Å². The SMILES string of the molecule is CCC1(C)CCSC(=NCc2nccn2C)N1. The minimum absolute atomic E-state index is 0.214. The van der Waals surface area contributed by atoms with Crippen LogP contribution in [0.4, 0.5) is 0 Å². The van der Waals surface area contributed by atoms with E-state index in [2.05, 4.69) is 29.1 Å². The predicted octanol–water partition coefficient (Wildman–Crippen LogP) is 2.17. The number of thioether (sulfide) groups is 1. The quantitative estimate of drug-likeness (QED) is 0.896. The third-order valence-corrected chi connectivity index (χ3v) is 4.28. The molecule has 1 aliphatic rings. The van der Waals surface area contributed by atoms with Gasteiger partial charge in [0.15, 0.2) is 5.17 Å². The molecule has 4 nitrogen and oxygen atoms in total. The molecule has 94 valence electrons. The Labute approximate surface area is 107 Å². The molecule has 2 heterocycles. The van der Waals surface area contributed by atoms with Crippen molar-refractivity contribution >= 4 is 16.9 Å². The molecule has 0 aromatic carbocycles. The van der Waals surface area contributed by atoms with E-state index in [0.717, 1.165) is 23.2 Å². The van der Waals surface area contributed by atoms with Gasteiger partial charge in [-0.15, -0.1) is 0 Å². The Morgan fingerprint density at radius 3 is 3.12 bits per heavy atom. The maximum Gasteiger partial charge on any atom is 0.157 e. The van der Waals surface area contributed by atoms with Crippen molar-refractivity contribution in [1.29, 1.82) is 0 Å². The van der Waals surface area contributed by atoms with Gasteiger partial charge in [-0.2, -0.15) is 0 Å². The standard InChI is InChI=1S/C12H20N4S/c1-4-12(2)5-8-17-11(15-12)14-9-10-13-6-7-16(10)3/h6-7H,4-5,8-9H2,1-3H3,(H,14,15). The largest absolute Gasteiger partial charge is 0.360 e. The summed E-state index contributed by atoms with van der Waals surface area (Å²) in [5.41, 5.74) is 0.214. The van der Waals surface area contributed by atoms with Gasteiger partial charge in [-0.25, -0.2) is 4.98 Å². The van der Waals surface area contributed by atoms with Gasteiger partial charge in [0.25, 0.3) is 0 Å². The molecule has 2 rings (SSSR count). The van der Waals surface area contributed by atoms with E-state index in [-0.39, 0.29) is 5.54 Å². The van der Waals surface area contributed by atoms with E-state index in [0.29, 0.717) is 6.54 Å². The van der Waals surface area contributed by atoms with Gasteiger partial charge >= 0.3 is 0 Å². The lowest BCUT2D eigenvalue weighted by atomic mass is 9.96. The molecule has 1 fully saturated rings. The van der Waals surface area contributed by atoms with E-state index in [1.807, 2.05) is 35.8 Å². The number of aryl methyl sites for hydroxylation is 1. The molecule has 0 saturated carbocycles. The number of aromatic nitrogens is 2. The fraction of sp³-hybridized carbons (Fsp3) is 0.667. The van der Waals surface area contributed by atoms with Crippen molar-refractivity contribution in [2.75, 3.05) is 5.75 Å². The van der Waals surface area contributed by atoms with Gasteiger partial charge in [0.1, 0.15) is 5.82 Å². The fourth-order valence-corrected chi connectivity index (χ4v) is 2.99. The van der Waals surface area contributed by atoms with Gasteiger partial charge in [0, 0.05) is 30.7 Å². The Kier molecular flexibility index (Phi) is 3.76. The summed E-state index contributed by atoms with van der Waals surface area (Å²) in [6, 6.07) is 0. The molecule has 5 heteroatoms. The van der Waals surface area contributed by atoms with Gasteiger partial charge in [-0.1, -0.05) is 18.7 Å². The van der Waals surface area contributed by atoms with Crippen LogP contribution in [0.3, 0.4) is 0 Å². The first-order chi connectivity index (χ1) is 8.13. The third-order valence-electron chi connectivity index (χ3n) is 3.37. The number of amidine groups is 1. The monoisotopic (exact) mass is 252 g/mol. The number of hydrogen-bond donors (Lipinski definition) is 1. The number of nitrogens with one attached hydrogen (secondary N) is 1. The van der Waals surface area contributed by atoms with Gasteiger partial charge in [0.05, 0.1) is 6.54 Å². The van der Waals surface area contributed by atoms with Crippen LogP contribution in [0.5, 0.6) is 0 Å². The van der Waals surface area contributed by atoms with E-state index in [4.69, 9.17) is 0 Å². The summed E-state index contributed by atoms with van der Waals surface area (Å²) in [5, 5.41) is 4.60. The third kappa shape index (κ3) is 3.03. The van der Waals surface area contributed by atoms with E-state index in [1.165, 1.54) is 6.42 Å². The first kappa shape index (κ1) is 12.5. The van der Waals surface area contributed by atoms with Crippen LogP contribution in [0.2, 0.25) is 0 Å². The Hall–Kier alpha value is -0.970. The molecule has 1 unspecified atom stereocenters. The van der Waals surface area contributed by atoms with E-state index >= 15 is 0 Å². The van der Waals surface area contributed by atoms with Gasteiger partial charge in [-0.3, -0.25) is 4.99 Å². The summed E-state index contributed by atoms with van der Waals surface area (Å²) in [4.78, 5) is 8.89. The van der Waals surface area contributed by atoms with Crippen molar-refractivity contribution in [1.82, 2.24) is 14.9 Å². The second-order valence-electron chi connectivity index (χ2n) is 4.71. The summed E-state index contributed by atoms with van der Waals surface area (Å²) >= 11 is 1.81. The van der Waals surface area contributed by atoms with Crippen LogP contribution in [0.1, 0.15) is 32.5 Å². The van der Waals surface area contributed by atoms with E-state index in [1.54, 1.807) is 0 Å². The zero-order chi connectivity index (χ0) is 12.3. The minimum Gasteiger partial charge on any atom is -0.360 e. The van der Waals surface area contributed by atoms with Crippen LogP contribution in [0, 0.1) is 0 Å². The second-order valence-corrected chi connectivity index (χ2v) is 5.80. The molecule has 0 bridgehead atoms. The zero-order valence-electron chi connectivity index (χ0n) is 10.7. The smallest absolute Gasteiger partial charge is 0.157 e. The lowest BCUT2D eigenvalue weighted by molar-refractivity contribution is 0.390. The Balaban J connectivity index is 2.00. The van der Waals surface area contributed by atoms with Crippen molar-refractivity contribution in [3.63, 3.8) is 0 Å². The van der Waals surface area contributed by atoms with Gasteiger partial charge in [-0.05, 0) is 19.8 Å². The van der Waals surface area contributed by atoms with Crippen LogP contribution in [-0.4, -0.2) is 26.0 Å². The summed E-state index contributed by atoms with van der Waals surface area (Å²) in [6.45, 7) is 5.14. The lowest BCUT2D eigenvalue weighted by Gasteiger charge is -2.35. The first-order valence-corrected chi connectivity index (χ1v) is 7.03. The van der Waals surface area contributed by atoms with Crippen LogP contribution >= 0.6 is 11.8 Å². The number of hydrogen-bond acceptors (Lipinski definition) is 3. The van der Waals surface area contributed by atoms with Gasteiger partial charge < -0.3 is 9.88 Å². The average Bonchev–Trinajstić information content (AvgIpc) is 2.73. The Morgan fingerprint density at radius 2 is 2.47 bits per heavy atom. The highest BCUT2D eigenvalue weighted by molar-refractivity contribution is 8.13. The summed E-state index contributed by atoms with van der Waals surface area (Å²) in [5.74, 6) is 2.15. The van der Waals surface area contributed by atoms with E-state index < -0.39 is 0 Å². The number of aliphatic imine (C=N–C) groups is 1. The second kappa shape index (κ2) is 5.12. The van der Waals surface area contributed by atoms with Crippen molar-refractivity contribution in [3.05, 3.63) is 18.2 Å². The highest BCUT2D eigenvalue weighted by Crippen LogP contribution is 2.24. The molecule has 1 aromatic rings. The van der Waals surface area contributed by atoms with Crippen molar-refractivity contribution in [2.24, 2.45) is 12.0 Å². The average molecular weight is 252 g/mol. The zero-order valence-corrected chi connectivity index (χ0v) is 11.5. The van der Waals surface area contributed by atoms with Crippen LogP contribution in [0.25, 0.3) is 0 Å².